The van der Waals surface area contributed by atoms with Crippen LogP contribution >= 0.6 is 27.3 Å². The quantitative estimate of drug-likeness (QED) is 0.875. The summed E-state index contributed by atoms with van der Waals surface area (Å²) >= 11 is 4.44. The normalized spacial score (nSPS) is 11.5. The lowest BCUT2D eigenvalue weighted by molar-refractivity contribution is 0.603. The molecular formula is C11H12BrN3O2S2. The molecule has 0 fully saturated rings. The van der Waals surface area contributed by atoms with Gasteiger partial charge in [-0.15, -0.1) is 11.3 Å². The van der Waals surface area contributed by atoms with Gasteiger partial charge in [0, 0.05) is 22.1 Å². The number of aryl methyl sites for hydroxylation is 1. The monoisotopic (exact) mass is 361 g/mol. The van der Waals surface area contributed by atoms with Crippen LogP contribution in [0.25, 0.3) is 0 Å². The number of anilines is 1. The van der Waals surface area contributed by atoms with E-state index in [1.54, 1.807) is 31.3 Å². The zero-order valence-corrected chi connectivity index (χ0v) is 13.3. The molecule has 2 heterocycles. The minimum absolute atomic E-state index is 0.233. The highest BCUT2D eigenvalue weighted by molar-refractivity contribution is 9.10. The van der Waals surface area contributed by atoms with Crippen LogP contribution in [-0.4, -0.2) is 13.4 Å². The summed E-state index contributed by atoms with van der Waals surface area (Å²) in [5, 5.41) is 0. The Hall–Kier alpha value is -0.960. The van der Waals surface area contributed by atoms with Crippen molar-refractivity contribution in [1.82, 2.24) is 4.98 Å². The third-order valence-electron chi connectivity index (χ3n) is 2.38. The molecule has 0 bridgehead atoms. The van der Waals surface area contributed by atoms with Gasteiger partial charge in [0.25, 0.3) is 10.0 Å². The van der Waals surface area contributed by atoms with Crippen molar-refractivity contribution in [3.05, 3.63) is 39.3 Å². The van der Waals surface area contributed by atoms with Crippen molar-refractivity contribution in [3.63, 3.8) is 0 Å². The molecule has 19 heavy (non-hydrogen) atoms. The summed E-state index contributed by atoms with van der Waals surface area (Å²) in [6.07, 6.45) is 1.55. The Morgan fingerprint density at radius 1 is 1.47 bits per heavy atom. The smallest absolute Gasteiger partial charge is 0.272 e. The molecule has 0 saturated carbocycles. The maximum atomic E-state index is 12.2. The fraction of sp³-hybridized carbons (Fsp3) is 0.182. The summed E-state index contributed by atoms with van der Waals surface area (Å²) in [6, 6.07) is 5.05. The molecule has 0 amide bonds. The number of pyridine rings is 1. The van der Waals surface area contributed by atoms with E-state index in [9.17, 15) is 8.42 Å². The standard InChI is InChI=1S/C11H12BrN3O2S2/c1-7-4-8(12)6-14-11(7)15-19(16,17)10-3-2-9(5-13)18-10/h2-4,6H,5,13H2,1H3,(H,14,15). The van der Waals surface area contributed by atoms with Crippen molar-refractivity contribution in [1.29, 1.82) is 0 Å². The molecule has 0 atom stereocenters. The second kappa shape index (κ2) is 5.58. The Balaban J connectivity index is 2.30. The van der Waals surface area contributed by atoms with Gasteiger partial charge in [0.2, 0.25) is 0 Å². The zero-order chi connectivity index (χ0) is 14.0. The van der Waals surface area contributed by atoms with Gasteiger partial charge in [-0.25, -0.2) is 13.4 Å². The van der Waals surface area contributed by atoms with Crippen molar-refractivity contribution >= 4 is 43.1 Å². The summed E-state index contributed by atoms with van der Waals surface area (Å²) in [5.74, 6) is 0.325. The number of rotatable bonds is 4. The first-order chi connectivity index (χ1) is 8.92. The van der Waals surface area contributed by atoms with Gasteiger partial charge in [-0.2, -0.15) is 0 Å². The molecule has 8 heteroatoms. The second-order valence-corrected chi connectivity index (χ2v) is 7.84. The Bertz CT molecular complexity index is 698. The van der Waals surface area contributed by atoms with Crippen molar-refractivity contribution in [2.75, 3.05) is 4.72 Å². The molecular weight excluding hydrogens is 350 g/mol. The predicted molar refractivity (Wildman–Crippen MR) is 79.7 cm³/mol. The first kappa shape index (κ1) is 14.4. The zero-order valence-electron chi connectivity index (χ0n) is 10.1. The van der Waals surface area contributed by atoms with Gasteiger partial charge in [0.05, 0.1) is 0 Å². The molecule has 102 valence electrons. The fourth-order valence-electron chi connectivity index (χ4n) is 1.44. The van der Waals surface area contributed by atoms with Crippen LogP contribution in [-0.2, 0) is 16.6 Å². The van der Waals surface area contributed by atoms with Crippen molar-refractivity contribution in [2.24, 2.45) is 5.73 Å². The number of aromatic nitrogens is 1. The average molecular weight is 362 g/mol. The van der Waals surface area contributed by atoms with E-state index in [2.05, 4.69) is 25.6 Å². The lowest BCUT2D eigenvalue weighted by Gasteiger charge is -2.08. The highest BCUT2D eigenvalue weighted by atomic mass is 79.9. The summed E-state index contributed by atoms with van der Waals surface area (Å²) in [7, 11) is -3.60. The average Bonchev–Trinajstić information content (AvgIpc) is 2.82. The predicted octanol–water partition coefficient (Wildman–Crippen LogP) is 2.47. The third-order valence-corrected chi connectivity index (χ3v) is 5.75. The number of nitrogens with zero attached hydrogens (tertiary/aromatic N) is 1. The van der Waals surface area contributed by atoms with E-state index in [1.165, 1.54) is 0 Å². The van der Waals surface area contributed by atoms with Crippen LogP contribution < -0.4 is 10.5 Å². The SMILES string of the molecule is Cc1cc(Br)cnc1NS(=O)(=O)c1ccc(CN)s1. The van der Waals surface area contributed by atoms with Gasteiger partial charge >= 0.3 is 0 Å². The molecule has 0 aromatic carbocycles. The second-order valence-electron chi connectivity index (χ2n) is 3.85. The van der Waals surface area contributed by atoms with E-state index in [1.807, 2.05) is 0 Å². The molecule has 0 spiro atoms. The van der Waals surface area contributed by atoms with E-state index in [-0.39, 0.29) is 4.21 Å². The minimum atomic E-state index is -3.60. The lowest BCUT2D eigenvalue weighted by Crippen LogP contribution is -2.13. The summed E-state index contributed by atoms with van der Waals surface area (Å²) in [4.78, 5) is 4.88. The number of hydrogen-bond donors (Lipinski definition) is 2. The molecule has 2 rings (SSSR count). The van der Waals surface area contributed by atoms with Crippen molar-refractivity contribution in [3.8, 4) is 0 Å². The molecule has 0 radical (unpaired) electrons. The van der Waals surface area contributed by atoms with Gasteiger partial charge < -0.3 is 5.73 Å². The van der Waals surface area contributed by atoms with Crippen molar-refractivity contribution < 1.29 is 8.42 Å². The van der Waals surface area contributed by atoms with Crippen LogP contribution in [0.3, 0.4) is 0 Å². The molecule has 0 unspecified atom stereocenters. The number of thiophene rings is 1. The van der Waals surface area contributed by atoms with Gasteiger partial charge in [-0.3, -0.25) is 4.72 Å². The summed E-state index contributed by atoms with van der Waals surface area (Å²) < 4.78 is 27.9. The number of sulfonamides is 1. The summed E-state index contributed by atoms with van der Waals surface area (Å²) in [6.45, 7) is 2.12. The molecule has 0 aliphatic rings. The number of hydrogen-bond acceptors (Lipinski definition) is 5. The highest BCUT2D eigenvalue weighted by Gasteiger charge is 2.18. The fourth-order valence-corrected chi connectivity index (χ4v) is 4.20. The Labute approximate surface area is 124 Å². The molecule has 0 aliphatic heterocycles. The molecule has 0 aliphatic carbocycles. The van der Waals surface area contributed by atoms with Gasteiger partial charge in [-0.05, 0) is 46.6 Å². The number of nitrogens with two attached hydrogens (primary N) is 1. The minimum Gasteiger partial charge on any atom is -0.326 e. The van der Waals surface area contributed by atoms with E-state index < -0.39 is 10.0 Å². The largest absolute Gasteiger partial charge is 0.326 e. The maximum Gasteiger partial charge on any atom is 0.272 e. The molecule has 3 N–H and O–H groups in total. The van der Waals surface area contributed by atoms with Gasteiger partial charge in [0.1, 0.15) is 10.0 Å². The molecule has 5 nitrogen and oxygen atoms in total. The Morgan fingerprint density at radius 3 is 2.79 bits per heavy atom. The van der Waals surface area contributed by atoms with E-state index in [0.29, 0.717) is 12.4 Å². The summed E-state index contributed by atoms with van der Waals surface area (Å²) in [5.41, 5.74) is 6.22. The van der Waals surface area contributed by atoms with Crippen LogP contribution in [0.15, 0.2) is 33.1 Å². The first-order valence-corrected chi connectivity index (χ1v) is 8.45. The highest BCUT2D eigenvalue weighted by Crippen LogP contribution is 2.25. The topological polar surface area (TPSA) is 85.1 Å². The molecule has 2 aromatic heterocycles. The van der Waals surface area contributed by atoms with Gasteiger partial charge in [-0.1, -0.05) is 0 Å². The van der Waals surface area contributed by atoms with Crippen LogP contribution in [0.2, 0.25) is 0 Å². The Kier molecular flexibility index (Phi) is 4.24. The Morgan fingerprint density at radius 2 is 2.21 bits per heavy atom. The van der Waals surface area contributed by atoms with E-state index in [0.717, 1.165) is 26.3 Å². The maximum absolute atomic E-state index is 12.2. The number of halogens is 1. The molecule has 0 saturated heterocycles. The van der Waals surface area contributed by atoms with Crippen molar-refractivity contribution in [2.45, 2.75) is 17.7 Å². The van der Waals surface area contributed by atoms with Crippen LogP contribution in [0, 0.1) is 6.92 Å². The third kappa shape index (κ3) is 3.33. The first-order valence-electron chi connectivity index (χ1n) is 5.36. The lowest BCUT2D eigenvalue weighted by atomic mass is 10.3. The van der Waals surface area contributed by atoms with Gasteiger partial charge in [0.15, 0.2) is 0 Å². The van der Waals surface area contributed by atoms with Crippen LogP contribution in [0.5, 0.6) is 0 Å². The van der Waals surface area contributed by atoms with E-state index in [4.69, 9.17) is 5.73 Å². The van der Waals surface area contributed by atoms with Crippen LogP contribution in [0.1, 0.15) is 10.4 Å². The van der Waals surface area contributed by atoms with Crippen LogP contribution in [0.4, 0.5) is 5.82 Å². The molecule has 2 aromatic rings. The van der Waals surface area contributed by atoms with E-state index >= 15 is 0 Å². The number of nitrogens with one attached hydrogen (secondary N) is 1.